The van der Waals surface area contributed by atoms with Gasteiger partial charge in [-0.2, -0.15) is 0 Å². The van der Waals surface area contributed by atoms with E-state index in [1.807, 2.05) is 0 Å². The molecule has 1 aliphatic rings. The molecule has 122 valence electrons. The molecule has 1 aliphatic heterocycles. The second kappa shape index (κ2) is 9.27. The van der Waals surface area contributed by atoms with Crippen LogP contribution in [0.2, 0.25) is 0 Å². The molecule has 0 unspecified atom stereocenters. The molecule has 0 spiro atoms. The van der Waals surface area contributed by atoms with E-state index in [0.29, 0.717) is 5.92 Å². The van der Waals surface area contributed by atoms with Crippen LogP contribution in [0.1, 0.15) is 39.5 Å². The normalized spacial score (nSPS) is 16.8. The monoisotopic (exact) mass is 324 g/mol. The van der Waals surface area contributed by atoms with Crippen molar-refractivity contribution < 1.29 is 25.7 Å². The van der Waals surface area contributed by atoms with Crippen molar-refractivity contribution in [2.24, 2.45) is 5.92 Å². The molecule has 1 rings (SSSR count). The summed E-state index contributed by atoms with van der Waals surface area (Å²) in [6.07, 6.45) is 14.3. The van der Waals surface area contributed by atoms with Crippen LogP contribution >= 0.6 is 8.16 Å². The third-order valence-corrected chi connectivity index (χ3v) is 2.43. The zero-order chi connectivity index (χ0) is 15.0. The Morgan fingerprint density at radius 3 is 1.80 bits per heavy atom. The molecule has 0 radical (unpaired) electrons. The molecule has 0 aromatic rings. The molecule has 8 heteroatoms. The summed E-state index contributed by atoms with van der Waals surface area (Å²) in [6.45, 7) is 5.64. The summed E-state index contributed by atoms with van der Waals surface area (Å²) in [6, 6.07) is 0. The quantitative estimate of drug-likeness (QED) is 0.425. The summed E-state index contributed by atoms with van der Waals surface area (Å²) < 4.78 is 49.2. The second-order valence-electron chi connectivity index (χ2n) is 4.48. The molecule has 0 aromatic carbocycles. The van der Waals surface area contributed by atoms with E-state index in [2.05, 4.69) is 43.3 Å². The third-order valence-electron chi connectivity index (χ3n) is 2.43. The van der Waals surface area contributed by atoms with E-state index in [1.165, 1.54) is 32.2 Å². The van der Waals surface area contributed by atoms with Gasteiger partial charge in [-0.15, -0.1) is 0 Å². The molecule has 0 saturated carbocycles. The average Bonchev–Trinajstić information content (AvgIpc) is 2.23. The van der Waals surface area contributed by atoms with Crippen molar-refractivity contribution in [3.05, 3.63) is 24.6 Å². The van der Waals surface area contributed by atoms with Gasteiger partial charge in [-0.25, -0.2) is 0 Å². The number of nitrogens with zero attached hydrogens (tertiary/aromatic N) is 1. The first-order chi connectivity index (χ1) is 8.56. The molecular formula is C12H21F6NP-. The minimum absolute atomic E-state index is 0. The number of hydrogen-bond donors (Lipinski definition) is 0. The number of halogens is 6. The van der Waals surface area contributed by atoms with Gasteiger partial charge in [-0.05, 0) is 12.3 Å². The van der Waals surface area contributed by atoms with Gasteiger partial charge in [0.2, 0.25) is 0 Å². The molecule has 0 N–H and O–H groups in total. The van der Waals surface area contributed by atoms with Crippen LogP contribution in [0.3, 0.4) is 0 Å². The number of unbranched alkanes of at least 4 members (excludes halogenated alkanes) is 3. The maximum atomic E-state index is 9.84. The fraction of sp³-hybridized carbons (Fsp3) is 0.667. The van der Waals surface area contributed by atoms with Gasteiger partial charge < -0.3 is 9.60 Å². The predicted molar refractivity (Wildman–Crippen MR) is 70.8 cm³/mol. The molecule has 0 bridgehead atoms. The van der Waals surface area contributed by atoms with Crippen LogP contribution in [0, 0.1) is 5.92 Å². The summed E-state index contributed by atoms with van der Waals surface area (Å²) in [5.74, 6) is 0.617. The maximum absolute atomic E-state index is 9.84. The van der Waals surface area contributed by atoms with Crippen molar-refractivity contribution in [2.75, 3.05) is 6.54 Å². The molecule has 0 atom stereocenters. The molecule has 0 aromatic heterocycles. The van der Waals surface area contributed by atoms with Gasteiger partial charge in [0, 0.05) is 18.9 Å². The Balaban J connectivity index is 0. The Hall–Kier alpha value is -0.710. The van der Waals surface area contributed by atoms with Crippen LogP contribution in [0.15, 0.2) is 24.6 Å². The van der Waals surface area contributed by atoms with Gasteiger partial charge in [0.05, 0.1) is 0 Å². The second-order valence-corrected chi connectivity index (χ2v) is 5.76. The van der Waals surface area contributed by atoms with Crippen molar-refractivity contribution in [2.45, 2.75) is 39.5 Å². The number of allylic oxidation sites excluding steroid dienone is 2. The van der Waals surface area contributed by atoms with Crippen molar-refractivity contribution in [3.8, 4) is 0 Å². The Bertz CT molecular complexity index is 280. The molecule has 1 nitrogen and oxygen atoms in total. The molecular weight excluding hydrogens is 303 g/mol. The summed E-state index contributed by atoms with van der Waals surface area (Å²) in [5.41, 5.74) is 0. The first-order valence-corrected chi connectivity index (χ1v) is 7.99. The fourth-order valence-corrected chi connectivity index (χ4v) is 1.48. The van der Waals surface area contributed by atoms with Crippen molar-refractivity contribution in [1.29, 1.82) is 0 Å². The van der Waals surface area contributed by atoms with E-state index >= 15 is 0 Å². The van der Waals surface area contributed by atoms with E-state index in [0.717, 1.165) is 0 Å². The van der Waals surface area contributed by atoms with Crippen LogP contribution in [0.25, 0.3) is 0 Å². The standard InChI is InChI=1S/C12H21N.F5P.FH/c1-3-4-5-6-9-13-10-7-12(2)8-11-13;1-6(2,3,4)5;/h7-8,10-12H,3-6,9H2,1-2H3;;1H/p-1. The SMILES string of the molecule is CCCCCCN1C=CC(C)C=C1.FP(F)(F)(F)F.[F-]. The number of hydrogen-bond acceptors (Lipinski definition) is 1. The summed E-state index contributed by atoms with van der Waals surface area (Å²) in [4.78, 5) is 2.29. The Morgan fingerprint density at radius 1 is 0.950 bits per heavy atom. The van der Waals surface area contributed by atoms with Gasteiger partial charge in [0.25, 0.3) is 0 Å². The van der Waals surface area contributed by atoms with Gasteiger partial charge in [-0.1, -0.05) is 45.3 Å². The van der Waals surface area contributed by atoms with E-state index in [-0.39, 0.29) is 4.70 Å². The smallest absolute Gasteiger partial charge is 1.00 e. The summed E-state index contributed by atoms with van der Waals surface area (Å²) in [5, 5.41) is 0. The van der Waals surface area contributed by atoms with Crippen LogP contribution in [-0.2, 0) is 0 Å². The Morgan fingerprint density at radius 2 is 1.40 bits per heavy atom. The zero-order valence-electron chi connectivity index (χ0n) is 11.6. The average molecular weight is 324 g/mol. The van der Waals surface area contributed by atoms with Crippen LogP contribution in [0.5, 0.6) is 0 Å². The van der Waals surface area contributed by atoms with Gasteiger partial charge >= 0.3 is 29.1 Å². The van der Waals surface area contributed by atoms with Gasteiger partial charge in [0.15, 0.2) is 0 Å². The first-order valence-electron chi connectivity index (χ1n) is 6.30. The van der Waals surface area contributed by atoms with Crippen LogP contribution in [-0.4, -0.2) is 11.4 Å². The predicted octanol–water partition coefficient (Wildman–Crippen LogP) is 3.51. The largest absolute Gasteiger partial charge is 1.00 e. The van der Waals surface area contributed by atoms with E-state index < -0.39 is 8.16 Å². The molecule has 20 heavy (non-hydrogen) atoms. The minimum atomic E-state index is -8.55. The first kappa shape index (κ1) is 21.6. The zero-order valence-corrected chi connectivity index (χ0v) is 12.5. The molecule has 0 fully saturated rings. The van der Waals surface area contributed by atoms with Crippen LogP contribution < -0.4 is 4.70 Å². The van der Waals surface area contributed by atoms with Crippen molar-refractivity contribution in [3.63, 3.8) is 0 Å². The molecule has 0 aliphatic carbocycles. The van der Waals surface area contributed by atoms with Gasteiger partial charge in [0.1, 0.15) is 0 Å². The van der Waals surface area contributed by atoms with E-state index in [4.69, 9.17) is 0 Å². The summed E-state index contributed by atoms with van der Waals surface area (Å²) >= 11 is 0. The van der Waals surface area contributed by atoms with Crippen LogP contribution in [0.4, 0.5) is 21.0 Å². The number of rotatable bonds is 5. The van der Waals surface area contributed by atoms with E-state index in [9.17, 15) is 21.0 Å². The summed E-state index contributed by atoms with van der Waals surface area (Å²) in [7, 11) is -8.55. The molecule has 1 heterocycles. The van der Waals surface area contributed by atoms with Crippen molar-refractivity contribution in [1.82, 2.24) is 4.90 Å². The third kappa shape index (κ3) is 19.6. The Labute approximate surface area is 116 Å². The Kier molecular flexibility index (Phi) is 10.0. The van der Waals surface area contributed by atoms with Gasteiger partial charge in [-0.3, -0.25) is 0 Å². The minimum Gasteiger partial charge on any atom is -1.00 e. The van der Waals surface area contributed by atoms with Crippen molar-refractivity contribution >= 4 is 8.16 Å². The topological polar surface area (TPSA) is 3.24 Å². The maximum Gasteiger partial charge on any atom is -1.00 e. The molecule has 0 saturated heterocycles. The molecule has 0 amide bonds. The van der Waals surface area contributed by atoms with E-state index in [1.54, 1.807) is 0 Å². The fourth-order valence-electron chi connectivity index (χ4n) is 1.48.